The summed E-state index contributed by atoms with van der Waals surface area (Å²) < 4.78 is 10.8. The van der Waals surface area contributed by atoms with Crippen molar-refractivity contribution in [2.45, 2.75) is 25.4 Å². The van der Waals surface area contributed by atoms with Gasteiger partial charge >= 0.3 is 0 Å². The van der Waals surface area contributed by atoms with Crippen LogP contribution in [0.2, 0.25) is 5.02 Å². The van der Waals surface area contributed by atoms with Crippen molar-refractivity contribution in [3.8, 4) is 11.5 Å². The maximum atomic E-state index is 12.1. The van der Waals surface area contributed by atoms with Crippen LogP contribution in [-0.4, -0.2) is 36.7 Å². The van der Waals surface area contributed by atoms with Crippen LogP contribution in [-0.2, 0) is 6.54 Å². The van der Waals surface area contributed by atoms with Crippen molar-refractivity contribution in [2.24, 2.45) is 0 Å². The van der Waals surface area contributed by atoms with Gasteiger partial charge in [-0.2, -0.15) is 11.3 Å². The van der Waals surface area contributed by atoms with Gasteiger partial charge in [-0.15, -0.1) is 0 Å². The predicted molar refractivity (Wildman–Crippen MR) is 97.7 cm³/mol. The van der Waals surface area contributed by atoms with E-state index in [-0.39, 0.29) is 18.7 Å². The van der Waals surface area contributed by atoms with Crippen LogP contribution in [0.1, 0.15) is 28.8 Å². The average molecular weight is 379 g/mol. The Balaban J connectivity index is 1.31. The van der Waals surface area contributed by atoms with Gasteiger partial charge in [0, 0.05) is 36.6 Å². The molecular formula is C18H19ClN2O3S. The van der Waals surface area contributed by atoms with Crippen molar-refractivity contribution in [3.05, 3.63) is 45.1 Å². The number of hydrogen-bond acceptors (Lipinski definition) is 5. The Hall–Kier alpha value is -1.76. The number of likely N-dealkylation sites (tertiary alicyclic amines) is 1. The zero-order valence-electron chi connectivity index (χ0n) is 13.7. The first-order chi connectivity index (χ1) is 12.2. The monoisotopic (exact) mass is 378 g/mol. The van der Waals surface area contributed by atoms with Crippen molar-refractivity contribution in [3.63, 3.8) is 0 Å². The molecule has 5 nitrogen and oxygen atoms in total. The molecule has 4 rings (SSSR count). The summed E-state index contributed by atoms with van der Waals surface area (Å²) in [5, 5.41) is 7.54. The fraction of sp³-hybridized carbons (Fsp3) is 0.389. The number of nitrogens with one attached hydrogen (secondary N) is 1. The summed E-state index contributed by atoms with van der Waals surface area (Å²) in [5.41, 5.74) is 1.87. The highest BCUT2D eigenvalue weighted by molar-refractivity contribution is 7.08. The number of ether oxygens (including phenoxy) is 2. The first kappa shape index (κ1) is 16.7. The Morgan fingerprint density at radius 2 is 2.16 bits per heavy atom. The van der Waals surface area contributed by atoms with Gasteiger partial charge in [0.1, 0.15) is 0 Å². The Bertz CT molecular complexity index is 758. The van der Waals surface area contributed by atoms with Gasteiger partial charge in [0.15, 0.2) is 11.5 Å². The summed E-state index contributed by atoms with van der Waals surface area (Å²) >= 11 is 7.79. The van der Waals surface area contributed by atoms with E-state index in [1.807, 2.05) is 29.0 Å². The van der Waals surface area contributed by atoms with Crippen LogP contribution in [0.5, 0.6) is 11.5 Å². The minimum absolute atomic E-state index is 0.0299. The lowest BCUT2D eigenvalue weighted by Crippen LogP contribution is -2.44. The highest BCUT2D eigenvalue weighted by Crippen LogP contribution is 2.40. The molecule has 0 bridgehead atoms. The number of halogens is 1. The van der Waals surface area contributed by atoms with Crippen LogP contribution in [0.15, 0.2) is 29.0 Å². The van der Waals surface area contributed by atoms with Gasteiger partial charge in [0.25, 0.3) is 5.91 Å². The summed E-state index contributed by atoms with van der Waals surface area (Å²) in [7, 11) is 0. The third kappa shape index (κ3) is 3.76. The van der Waals surface area contributed by atoms with Crippen molar-refractivity contribution in [1.29, 1.82) is 0 Å². The number of benzene rings is 1. The largest absolute Gasteiger partial charge is 0.454 e. The molecule has 3 heterocycles. The van der Waals surface area contributed by atoms with Crippen molar-refractivity contribution >= 4 is 28.8 Å². The first-order valence-electron chi connectivity index (χ1n) is 8.32. The number of amides is 1. The van der Waals surface area contributed by atoms with Gasteiger partial charge in [-0.25, -0.2) is 0 Å². The molecule has 1 N–H and O–H groups in total. The Morgan fingerprint density at radius 1 is 1.32 bits per heavy atom. The molecule has 0 saturated carbocycles. The predicted octanol–water partition coefficient (Wildman–Crippen LogP) is 3.52. The molecule has 2 aromatic rings. The molecule has 2 aliphatic heterocycles. The second-order valence-corrected chi connectivity index (χ2v) is 7.53. The molecular weight excluding hydrogens is 360 g/mol. The third-order valence-electron chi connectivity index (χ3n) is 4.60. The molecule has 0 aliphatic carbocycles. The summed E-state index contributed by atoms with van der Waals surface area (Å²) in [6.45, 7) is 2.94. The van der Waals surface area contributed by atoms with E-state index in [1.165, 1.54) is 0 Å². The molecule has 1 aromatic heterocycles. The molecule has 132 valence electrons. The molecule has 1 fully saturated rings. The first-order valence-corrected chi connectivity index (χ1v) is 9.64. The highest BCUT2D eigenvalue weighted by atomic mass is 35.5. The normalized spacial score (nSPS) is 17.6. The summed E-state index contributed by atoms with van der Waals surface area (Å²) in [4.78, 5) is 14.5. The molecule has 0 spiro atoms. The van der Waals surface area contributed by atoms with E-state index in [4.69, 9.17) is 21.1 Å². The minimum Gasteiger partial charge on any atom is -0.454 e. The number of carbonyl (C=O) groups is 1. The Morgan fingerprint density at radius 3 is 2.92 bits per heavy atom. The smallest absolute Gasteiger partial charge is 0.252 e. The summed E-state index contributed by atoms with van der Waals surface area (Å²) in [5.74, 6) is 1.39. The van der Waals surface area contributed by atoms with E-state index in [2.05, 4.69) is 10.2 Å². The van der Waals surface area contributed by atoms with Crippen LogP contribution in [0, 0.1) is 0 Å². The van der Waals surface area contributed by atoms with Gasteiger partial charge in [-0.3, -0.25) is 9.69 Å². The summed E-state index contributed by atoms with van der Waals surface area (Å²) in [6.07, 6.45) is 1.91. The standard InChI is InChI=1S/C18H19ClN2O3S/c19-15-7-12(8-16-17(15)24-11-23-16)9-21-4-1-14(2-5-21)20-18(22)13-3-6-25-10-13/h3,6-8,10,14H,1-2,4-5,9,11H2,(H,20,22). The number of rotatable bonds is 4. The lowest BCUT2D eigenvalue weighted by Gasteiger charge is -2.32. The van der Waals surface area contributed by atoms with Gasteiger partial charge in [0.05, 0.1) is 5.02 Å². The van der Waals surface area contributed by atoms with Crippen LogP contribution in [0.25, 0.3) is 0 Å². The minimum atomic E-state index is 0.0299. The van der Waals surface area contributed by atoms with E-state index in [1.54, 1.807) is 11.3 Å². The molecule has 0 radical (unpaired) electrons. The number of carbonyl (C=O) groups excluding carboxylic acids is 1. The molecule has 1 saturated heterocycles. The van der Waals surface area contributed by atoms with Crippen molar-refractivity contribution in [1.82, 2.24) is 10.2 Å². The molecule has 7 heteroatoms. The van der Waals surface area contributed by atoms with E-state index in [9.17, 15) is 4.79 Å². The van der Waals surface area contributed by atoms with Crippen molar-refractivity contribution in [2.75, 3.05) is 19.9 Å². The average Bonchev–Trinajstić information content (AvgIpc) is 3.28. The van der Waals surface area contributed by atoms with Crippen molar-refractivity contribution < 1.29 is 14.3 Å². The number of nitrogens with zero attached hydrogens (tertiary/aromatic N) is 1. The van der Waals surface area contributed by atoms with Crippen LogP contribution in [0.3, 0.4) is 0 Å². The topological polar surface area (TPSA) is 50.8 Å². The highest BCUT2D eigenvalue weighted by Gasteiger charge is 2.23. The maximum absolute atomic E-state index is 12.1. The van der Waals surface area contributed by atoms with Gasteiger partial charge < -0.3 is 14.8 Å². The van der Waals surface area contributed by atoms with E-state index < -0.39 is 0 Å². The maximum Gasteiger partial charge on any atom is 0.252 e. The number of thiophene rings is 1. The van der Waals surface area contributed by atoms with E-state index in [0.717, 1.165) is 49.4 Å². The van der Waals surface area contributed by atoms with E-state index in [0.29, 0.717) is 10.8 Å². The number of fused-ring (bicyclic) bond motifs is 1. The SMILES string of the molecule is O=C(NC1CCN(Cc2cc(Cl)c3c(c2)OCO3)CC1)c1ccsc1. The van der Waals surface area contributed by atoms with Crippen LogP contribution in [0.4, 0.5) is 0 Å². The fourth-order valence-corrected chi connectivity index (χ4v) is 4.19. The lowest BCUT2D eigenvalue weighted by atomic mass is 10.0. The number of piperidine rings is 1. The molecule has 0 unspecified atom stereocenters. The van der Waals surface area contributed by atoms with Crippen LogP contribution >= 0.6 is 22.9 Å². The second kappa shape index (κ2) is 7.23. The quantitative estimate of drug-likeness (QED) is 0.884. The number of hydrogen-bond donors (Lipinski definition) is 1. The molecule has 0 atom stereocenters. The molecule has 1 aromatic carbocycles. The lowest BCUT2D eigenvalue weighted by molar-refractivity contribution is 0.0909. The van der Waals surface area contributed by atoms with Gasteiger partial charge in [0.2, 0.25) is 6.79 Å². The second-order valence-electron chi connectivity index (χ2n) is 6.35. The fourth-order valence-electron chi connectivity index (χ4n) is 3.27. The Labute approximate surface area is 155 Å². The summed E-state index contributed by atoms with van der Waals surface area (Å²) in [6, 6.07) is 6.04. The van der Waals surface area contributed by atoms with Crippen LogP contribution < -0.4 is 14.8 Å². The zero-order valence-corrected chi connectivity index (χ0v) is 15.2. The zero-order chi connectivity index (χ0) is 17.2. The molecule has 2 aliphatic rings. The molecule has 1 amide bonds. The molecule has 25 heavy (non-hydrogen) atoms. The van der Waals surface area contributed by atoms with Gasteiger partial charge in [-0.1, -0.05) is 11.6 Å². The third-order valence-corrected chi connectivity index (χ3v) is 5.56. The van der Waals surface area contributed by atoms with E-state index >= 15 is 0 Å². The van der Waals surface area contributed by atoms with Gasteiger partial charge in [-0.05, 0) is 42.0 Å². The Kier molecular flexibility index (Phi) is 4.83.